The van der Waals surface area contributed by atoms with E-state index in [4.69, 9.17) is 0 Å². The number of benzene rings is 1. The van der Waals surface area contributed by atoms with Crippen molar-refractivity contribution in [2.75, 3.05) is 0 Å². The van der Waals surface area contributed by atoms with Crippen molar-refractivity contribution in [2.45, 2.75) is 90.9 Å². The molecule has 1 aromatic carbocycles. The van der Waals surface area contributed by atoms with Gasteiger partial charge < -0.3 is 0 Å². The predicted octanol–water partition coefficient (Wildman–Crippen LogP) is 8.07. The minimum absolute atomic E-state index is 0.991. The average Bonchev–Trinajstić information content (AvgIpc) is 2.72. The van der Waals surface area contributed by atoms with Crippen LogP contribution in [0.2, 0.25) is 0 Å². The number of rotatable bonds is 7. The zero-order chi connectivity index (χ0) is 18.2. The van der Waals surface area contributed by atoms with E-state index >= 15 is 0 Å². The second kappa shape index (κ2) is 10.3. The third-order valence-corrected chi connectivity index (χ3v) is 7.47. The zero-order valence-electron chi connectivity index (χ0n) is 17.3. The molecule has 0 N–H and O–H groups in total. The number of aryl methyl sites for hydroxylation is 1. The minimum Gasteiger partial charge on any atom is -0.0839 e. The van der Waals surface area contributed by atoms with Crippen molar-refractivity contribution in [1.29, 1.82) is 0 Å². The molecule has 26 heavy (non-hydrogen) atoms. The first-order chi connectivity index (χ1) is 12.8. The fourth-order valence-corrected chi connectivity index (χ4v) is 5.43. The normalized spacial score (nSPS) is 29.9. The van der Waals surface area contributed by atoms with E-state index in [0.29, 0.717) is 0 Å². The van der Waals surface area contributed by atoms with Gasteiger partial charge in [0.2, 0.25) is 0 Å². The minimum atomic E-state index is 0.991. The maximum absolute atomic E-state index is 2.40. The smallest absolute Gasteiger partial charge is 0.0260 e. The third kappa shape index (κ3) is 5.73. The Morgan fingerprint density at radius 2 is 1.35 bits per heavy atom. The van der Waals surface area contributed by atoms with Gasteiger partial charge in [-0.3, -0.25) is 0 Å². The van der Waals surface area contributed by atoms with Gasteiger partial charge in [-0.05, 0) is 79.7 Å². The molecule has 0 spiro atoms. The second-order valence-corrected chi connectivity index (χ2v) is 9.04. The molecule has 0 radical (unpaired) electrons. The summed E-state index contributed by atoms with van der Waals surface area (Å²) in [4.78, 5) is 0. The van der Waals surface area contributed by atoms with Crippen LogP contribution in [0.4, 0.5) is 0 Å². The van der Waals surface area contributed by atoms with E-state index in [-0.39, 0.29) is 0 Å². The Kier molecular flexibility index (Phi) is 7.84. The molecule has 2 saturated carbocycles. The van der Waals surface area contributed by atoms with Crippen LogP contribution in [0.5, 0.6) is 0 Å². The van der Waals surface area contributed by atoms with E-state index in [1.807, 2.05) is 0 Å². The Morgan fingerprint density at radius 3 is 1.88 bits per heavy atom. The Bertz CT molecular complexity index is 522. The molecule has 3 rings (SSSR count). The molecule has 0 unspecified atom stereocenters. The first-order valence-corrected chi connectivity index (χ1v) is 11.5. The number of allylic oxidation sites excluding steroid dienone is 1. The summed E-state index contributed by atoms with van der Waals surface area (Å²) < 4.78 is 0. The van der Waals surface area contributed by atoms with Crippen molar-refractivity contribution in [3.63, 3.8) is 0 Å². The standard InChI is InChI=1S/C26H40/c1-3-21-9-11-23(12-10-21)7-5-6-8-24-15-19-26(20-16-24)25-17-13-22(4-2)14-18-25/h5,7,9-12,22,24-26H,3-4,6,8,13-20H2,1-2H3. The molecule has 0 nitrogen and oxygen atoms in total. The van der Waals surface area contributed by atoms with Crippen LogP contribution in [-0.2, 0) is 6.42 Å². The van der Waals surface area contributed by atoms with Gasteiger partial charge in [-0.2, -0.15) is 0 Å². The van der Waals surface area contributed by atoms with Gasteiger partial charge in [0.25, 0.3) is 0 Å². The van der Waals surface area contributed by atoms with Gasteiger partial charge in [-0.15, -0.1) is 0 Å². The van der Waals surface area contributed by atoms with Crippen LogP contribution in [0.15, 0.2) is 30.3 Å². The van der Waals surface area contributed by atoms with Gasteiger partial charge in [0.1, 0.15) is 0 Å². The molecular weight excluding hydrogens is 312 g/mol. The van der Waals surface area contributed by atoms with E-state index in [2.05, 4.69) is 50.3 Å². The van der Waals surface area contributed by atoms with Crippen molar-refractivity contribution in [3.8, 4) is 0 Å². The Labute approximate surface area is 162 Å². The molecule has 0 aliphatic heterocycles. The van der Waals surface area contributed by atoms with Gasteiger partial charge in [-0.1, -0.05) is 82.4 Å². The van der Waals surface area contributed by atoms with Gasteiger partial charge >= 0.3 is 0 Å². The first-order valence-electron chi connectivity index (χ1n) is 11.5. The lowest BCUT2D eigenvalue weighted by molar-refractivity contribution is 0.143. The van der Waals surface area contributed by atoms with Crippen LogP contribution in [0.25, 0.3) is 6.08 Å². The third-order valence-electron chi connectivity index (χ3n) is 7.47. The molecule has 0 amide bonds. The van der Waals surface area contributed by atoms with Gasteiger partial charge in [0.15, 0.2) is 0 Å². The Morgan fingerprint density at radius 1 is 0.769 bits per heavy atom. The van der Waals surface area contributed by atoms with Crippen molar-refractivity contribution < 1.29 is 0 Å². The molecule has 0 heteroatoms. The average molecular weight is 353 g/mol. The summed E-state index contributed by atoms with van der Waals surface area (Å²) in [5, 5.41) is 0. The fourth-order valence-electron chi connectivity index (χ4n) is 5.43. The van der Waals surface area contributed by atoms with E-state index in [0.717, 1.165) is 30.1 Å². The van der Waals surface area contributed by atoms with Crippen LogP contribution >= 0.6 is 0 Å². The van der Waals surface area contributed by atoms with Crippen LogP contribution in [0, 0.1) is 23.7 Å². The highest BCUT2D eigenvalue weighted by atomic mass is 14.4. The zero-order valence-corrected chi connectivity index (χ0v) is 17.3. The van der Waals surface area contributed by atoms with E-state index in [1.165, 1.54) is 81.8 Å². The SMILES string of the molecule is CCc1ccc(C=CCCC2CCC(C3CCC(CC)CC3)CC2)cc1. The van der Waals surface area contributed by atoms with Crippen molar-refractivity contribution in [2.24, 2.45) is 23.7 Å². The lowest BCUT2D eigenvalue weighted by atomic mass is 9.68. The lowest BCUT2D eigenvalue weighted by Gasteiger charge is -2.37. The Hall–Kier alpha value is -1.04. The van der Waals surface area contributed by atoms with Gasteiger partial charge in [-0.25, -0.2) is 0 Å². The summed E-state index contributed by atoms with van der Waals surface area (Å²) in [6, 6.07) is 9.03. The summed E-state index contributed by atoms with van der Waals surface area (Å²) >= 11 is 0. The highest BCUT2D eigenvalue weighted by Crippen LogP contribution is 2.42. The Balaban J connectivity index is 1.33. The topological polar surface area (TPSA) is 0 Å². The fraction of sp³-hybridized carbons (Fsp3) is 0.692. The quantitative estimate of drug-likeness (QED) is 0.465. The molecule has 2 aliphatic carbocycles. The number of hydrogen-bond donors (Lipinski definition) is 0. The summed E-state index contributed by atoms with van der Waals surface area (Å²) in [6.07, 6.45) is 22.1. The highest BCUT2D eigenvalue weighted by molar-refractivity contribution is 5.49. The van der Waals surface area contributed by atoms with E-state index < -0.39 is 0 Å². The van der Waals surface area contributed by atoms with Crippen molar-refractivity contribution in [1.82, 2.24) is 0 Å². The van der Waals surface area contributed by atoms with Gasteiger partial charge in [0, 0.05) is 0 Å². The van der Waals surface area contributed by atoms with Crippen LogP contribution < -0.4 is 0 Å². The van der Waals surface area contributed by atoms with Crippen molar-refractivity contribution >= 4 is 6.08 Å². The first kappa shape index (κ1) is 19.7. The van der Waals surface area contributed by atoms with Gasteiger partial charge in [0.05, 0.1) is 0 Å². The second-order valence-electron chi connectivity index (χ2n) is 9.04. The van der Waals surface area contributed by atoms with E-state index in [9.17, 15) is 0 Å². The summed E-state index contributed by atoms with van der Waals surface area (Å²) in [7, 11) is 0. The summed E-state index contributed by atoms with van der Waals surface area (Å²) in [5.41, 5.74) is 2.79. The van der Waals surface area contributed by atoms with Crippen LogP contribution in [-0.4, -0.2) is 0 Å². The number of hydrogen-bond acceptors (Lipinski definition) is 0. The molecule has 0 saturated heterocycles. The maximum Gasteiger partial charge on any atom is -0.0260 e. The molecule has 2 fully saturated rings. The largest absolute Gasteiger partial charge is 0.0839 e. The summed E-state index contributed by atoms with van der Waals surface area (Å²) in [6.45, 7) is 4.60. The molecular formula is C26H40. The maximum atomic E-state index is 2.40. The molecule has 1 aromatic rings. The van der Waals surface area contributed by atoms with Crippen LogP contribution in [0.1, 0.15) is 95.6 Å². The predicted molar refractivity (Wildman–Crippen MR) is 115 cm³/mol. The molecule has 0 bridgehead atoms. The summed E-state index contributed by atoms with van der Waals surface area (Å²) in [5.74, 6) is 4.18. The van der Waals surface area contributed by atoms with Crippen LogP contribution in [0.3, 0.4) is 0 Å². The molecule has 0 aromatic heterocycles. The molecule has 144 valence electrons. The lowest BCUT2D eigenvalue weighted by Crippen LogP contribution is -2.25. The monoisotopic (exact) mass is 352 g/mol. The molecule has 0 atom stereocenters. The highest BCUT2D eigenvalue weighted by Gasteiger charge is 2.30. The van der Waals surface area contributed by atoms with Crippen molar-refractivity contribution in [3.05, 3.63) is 41.5 Å². The molecule has 0 heterocycles. The van der Waals surface area contributed by atoms with E-state index in [1.54, 1.807) is 0 Å². The molecule has 2 aliphatic rings.